The molecule has 0 aliphatic heterocycles. The van der Waals surface area contributed by atoms with Gasteiger partial charge in [-0.2, -0.15) is 0 Å². The minimum absolute atomic E-state index is 0.217. The Morgan fingerprint density at radius 3 is 2.93 bits per heavy atom. The lowest BCUT2D eigenvalue weighted by atomic mass is 10.00. The van der Waals surface area contributed by atoms with Crippen molar-refractivity contribution in [2.75, 3.05) is 0 Å². The Morgan fingerprint density at radius 1 is 1.57 bits per heavy atom. The lowest BCUT2D eigenvalue weighted by Gasteiger charge is -2.06. The first-order valence-electron chi connectivity index (χ1n) is 4.96. The second-order valence-electron chi connectivity index (χ2n) is 3.46. The van der Waals surface area contributed by atoms with Gasteiger partial charge in [0.05, 0.1) is 0 Å². The Balaban J connectivity index is 2.47. The van der Waals surface area contributed by atoms with E-state index >= 15 is 0 Å². The molecule has 0 aromatic heterocycles. The summed E-state index contributed by atoms with van der Waals surface area (Å²) in [6.07, 6.45) is 11.5. The molecule has 0 unspecified atom stereocenters. The molecular formula is C12H16O2. The summed E-state index contributed by atoms with van der Waals surface area (Å²) in [5.41, 5.74) is 2.42. The van der Waals surface area contributed by atoms with Crippen LogP contribution in [0.4, 0.5) is 0 Å². The maximum atomic E-state index is 10.3. The van der Waals surface area contributed by atoms with E-state index in [1.807, 2.05) is 13.0 Å². The summed E-state index contributed by atoms with van der Waals surface area (Å²) in [6, 6.07) is 0. The molecule has 0 heterocycles. The van der Waals surface area contributed by atoms with Crippen molar-refractivity contribution >= 4 is 5.97 Å². The van der Waals surface area contributed by atoms with Gasteiger partial charge in [0.1, 0.15) is 0 Å². The highest BCUT2D eigenvalue weighted by atomic mass is 16.4. The van der Waals surface area contributed by atoms with Gasteiger partial charge in [-0.05, 0) is 37.3 Å². The molecule has 1 aliphatic carbocycles. The summed E-state index contributed by atoms with van der Waals surface area (Å²) in [4.78, 5) is 10.3. The molecule has 0 aromatic carbocycles. The molecule has 1 rings (SSSR count). The molecule has 2 heteroatoms. The average molecular weight is 192 g/mol. The third-order valence-corrected chi connectivity index (χ3v) is 2.26. The zero-order chi connectivity index (χ0) is 10.4. The van der Waals surface area contributed by atoms with Gasteiger partial charge < -0.3 is 5.11 Å². The summed E-state index contributed by atoms with van der Waals surface area (Å²) in [7, 11) is 0. The van der Waals surface area contributed by atoms with Crippen LogP contribution in [0.25, 0.3) is 0 Å². The summed E-state index contributed by atoms with van der Waals surface area (Å²) in [6.45, 7) is 2.03. The molecule has 14 heavy (non-hydrogen) atoms. The topological polar surface area (TPSA) is 37.3 Å². The van der Waals surface area contributed by atoms with Crippen LogP contribution >= 0.6 is 0 Å². The van der Waals surface area contributed by atoms with E-state index in [9.17, 15) is 4.79 Å². The molecule has 0 saturated heterocycles. The van der Waals surface area contributed by atoms with Crippen molar-refractivity contribution in [1.29, 1.82) is 0 Å². The lowest BCUT2D eigenvalue weighted by molar-refractivity contribution is -0.136. The lowest BCUT2D eigenvalue weighted by Crippen LogP contribution is -1.93. The molecule has 1 N–H and O–H groups in total. The average Bonchev–Trinajstić information content (AvgIpc) is 2.18. The van der Waals surface area contributed by atoms with E-state index in [0.717, 1.165) is 12.8 Å². The first-order chi connectivity index (χ1) is 6.70. The first kappa shape index (κ1) is 10.8. The van der Waals surface area contributed by atoms with Crippen LogP contribution in [0.2, 0.25) is 0 Å². The van der Waals surface area contributed by atoms with Crippen LogP contribution in [0, 0.1) is 0 Å². The van der Waals surface area contributed by atoms with Gasteiger partial charge >= 0.3 is 5.97 Å². The molecular weight excluding hydrogens is 176 g/mol. The van der Waals surface area contributed by atoms with Crippen LogP contribution < -0.4 is 0 Å². The number of rotatable bonds is 4. The van der Waals surface area contributed by atoms with E-state index in [4.69, 9.17) is 5.11 Å². The van der Waals surface area contributed by atoms with E-state index in [1.54, 1.807) is 0 Å². The Kier molecular flexibility index (Phi) is 4.17. The third kappa shape index (κ3) is 3.60. The van der Waals surface area contributed by atoms with E-state index in [1.165, 1.54) is 11.1 Å². The number of hydrogen-bond acceptors (Lipinski definition) is 1. The molecule has 1 aliphatic rings. The number of allylic oxidation sites excluding steroid dienone is 6. The van der Waals surface area contributed by atoms with E-state index in [0.29, 0.717) is 6.42 Å². The highest BCUT2D eigenvalue weighted by molar-refractivity contribution is 5.66. The summed E-state index contributed by atoms with van der Waals surface area (Å²) in [5.74, 6) is -0.734. The largest absolute Gasteiger partial charge is 0.481 e. The Labute approximate surface area is 84.6 Å². The zero-order valence-electron chi connectivity index (χ0n) is 8.49. The molecule has 2 nitrogen and oxygen atoms in total. The van der Waals surface area contributed by atoms with Crippen LogP contribution in [0.3, 0.4) is 0 Å². The quantitative estimate of drug-likeness (QED) is 0.743. The second-order valence-corrected chi connectivity index (χ2v) is 3.46. The fraction of sp³-hybridized carbons (Fsp3) is 0.417. The standard InChI is InChI=1S/C12H16O2/c1-10(6-5-9-12(13)14)11-7-3-2-4-8-11/h3,6-8H,2,4-5,9H2,1H3,(H,13,14)/b10-6+. The van der Waals surface area contributed by atoms with Gasteiger partial charge in [0.25, 0.3) is 0 Å². The second kappa shape index (κ2) is 5.43. The highest BCUT2D eigenvalue weighted by Gasteiger charge is 2.00. The van der Waals surface area contributed by atoms with E-state index in [2.05, 4.69) is 18.2 Å². The van der Waals surface area contributed by atoms with Crippen LogP contribution in [0.15, 0.2) is 35.5 Å². The number of hydrogen-bond donors (Lipinski definition) is 1. The van der Waals surface area contributed by atoms with Gasteiger partial charge in [0.2, 0.25) is 0 Å². The Hall–Kier alpha value is -1.31. The van der Waals surface area contributed by atoms with Crippen molar-refractivity contribution in [3.8, 4) is 0 Å². The number of carboxylic acid groups (broad SMARTS) is 1. The van der Waals surface area contributed by atoms with Crippen molar-refractivity contribution in [2.24, 2.45) is 0 Å². The SMILES string of the molecule is C/C(=C\CCC(=O)O)C1=CCCC=C1. The maximum Gasteiger partial charge on any atom is 0.303 e. The third-order valence-electron chi connectivity index (χ3n) is 2.26. The normalized spacial score (nSPS) is 16.6. The van der Waals surface area contributed by atoms with Gasteiger partial charge in [-0.15, -0.1) is 0 Å². The predicted octanol–water partition coefficient (Wildman–Crippen LogP) is 3.07. The van der Waals surface area contributed by atoms with Crippen LogP contribution in [0.1, 0.15) is 32.6 Å². The van der Waals surface area contributed by atoms with Crippen molar-refractivity contribution in [3.63, 3.8) is 0 Å². The van der Waals surface area contributed by atoms with Crippen LogP contribution in [0.5, 0.6) is 0 Å². The molecule has 0 aromatic rings. The van der Waals surface area contributed by atoms with Gasteiger partial charge in [-0.1, -0.05) is 24.3 Å². The number of carboxylic acids is 1. The summed E-state index contributed by atoms with van der Waals surface area (Å²) >= 11 is 0. The zero-order valence-corrected chi connectivity index (χ0v) is 8.49. The minimum atomic E-state index is -0.734. The Morgan fingerprint density at radius 2 is 2.36 bits per heavy atom. The monoisotopic (exact) mass is 192 g/mol. The fourth-order valence-electron chi connectivity index (χ4n) is 1.44. The van der Waals surface area contributed by atoms with E-state index < -0.39 is 5.97 Å². The number of carbonyl (C=O) groups is 1. The van der Waals surface area contributed by atoms with E-state index in [-0.39, 0.29) is 6.42 Å². The predicted molar refractivity (Wildman–Crippen MR) is 57.1 cm³/mol. The highest BCUT2D eigenvalue weighted by Crippen LogP contribution is 2.18. The van der Waals surface area contributed by atoms with Crippen LogP contribution in [-0.2, 0) is 4.79 Å². The summed E-state index contributed by atoms with van der Waals surface area (Å²) < 4.78 is 0. The van der Waals surface area contributed by atoms with Gasteiger partial charge in [0.15, 0.2) is 0 Å². The smallest absolute Gasteiger partial charge is 0.303 e. The van der Waals surface area contributed by atoms with Crippen molar-refractivity contribution in [1.82, 2.24) is 0 Å². The fourth-order valence-corrected chi connectivity index (χ4v) is 1.44. The van der Waals surface area contributed by atoms with Crippen molar-refractivity contribution < 1.29 is 9.90 Å². The molecule has 0 bridgehead atoms. The molecule has 0 fully saturated rings. The minimum Gasteiger partial charge on any atom is -0.481 e. The van der Waals surface area contributed by atoms with Gasteiger partial charge in [-0.3, -0.25) is 4.79 Å². The first-order valence-corrected chi connectivity index (χ1v) is 4.96. The maximum absolute atomic E-state index is 10.3. The molecule has 0 radical (unpaired) electrons. The van der Waals surface area contributed by atoms with Crippen molar-refractivity contribution in [3.05, 3.63) is 35.5 Å². The van der Waals surface area contributed by atoms with Crippen molar-refractivity contribution in [2.45, 2.75) is 32.6 Å². The van der Waals surface area contributed by atoms with Gasteiger partial charge in [-0.25, -0.2) is 0 Å². The Bertz CT molecular complexity index is 295. The summed E-state index contributed by atoms with van der Waals surface area (Å²) in [5, 5.41) is 8.48. The van der Waals surface area contributed by atoms with Gasteiger partial charge in [0, 0.05) is 6.42 Å². The number of aliphatic carboxylic acids is 1. The molecule has 0 spiro atoms. The molecule has 0 amide bonds. The van der Waals surface area contributed by atoms with Crippen LogP contribution in [-0.4, -0.2) is 11.1 Å². The molecule has 0 saturated carbocycles. The molecule has 76 valence electrons. The molecule has 0 atom stereocenters.